The molecule has 394 valence electrons. The van der Waals surface area contributed by atoms with Crippen molar-refractivity contribution >= 4 is 70.7 Å². The smallest absolute Gasteiger partial charge is 0.329 e. The van der Waals surface area contributed by atoms with Crippen molar-refractivity contribution in [3.63, 3.8) is 0 Å². The number of fused-ring (bicyclic) bond motifs is 2. The van der Waals surface area contributed by atoms with E-state index in [1.54, 1.807) is 39.8 Å². The van der Waals surface area contributed by atoms with Gasteiger partial charge in [0.25, 0.3) is 0 Å². The van der Waals surface area contributed by atoms with E-state index in [0.717, 1.165) is 16.2 Å². The Morgan fingerprint density at radius 3 is 2.20 bits per heavy atom. The van der Waals surface area contributed by atoms with E-state index in [9.17, 15) is 58.2 Å². The van der Waals surface area contributed by atoms with E-state index in [-0.39, 0.29) is 62.3 Å². The predicted molar refractivity (Wildman–Crippen MR) is 258 cm³/mol. The molecule has 0 saturated carbocycles. The fraction of sp³-hybridized carbons (Fsp3) is 0.638. The van der Waals surface area contributed by atoms with Crippen molar-refractivity contribution in [2.24, 2.45) is 28.3 Å². The van der Waals surface area contributed by atoms with E-state index in [2.05, 4.69) is 31.6 Å². The summed E-state index contributed by atoms with van der Waals surface area (Å²) in [6, 6.07) is -5.17. The van der Waals surface area contributed by atoms with Crippen molar-refractivity contribution in [2.45, 2.75) is 167 Å². The Kier molecular flexibility index (Phi) is 22.7. The normalized spacial score (nSPS) is 24.7. The topological polar surface area (TPSA) is 377 Å². The van der Waals surface area contributed by atoms with Crippen molar-refractivity contribution in [1.29, 1.82) is 0 Å². The van der Waals surface area contributed by atoms with Gasteiger partial charge in [-0.15, -0.1) is 0 Å². The first kappa shape index (κ1) is 58.5. The molecule has 2 saturated heterocycles. The number of guanidine groups is 1. The van der Waals surface area contributed by atoms with Crippen LogP contribution in [0.1, 0.15) is 123 Å². The van der Waals surface area contributed by atoms with Gasteiger partial charge in [0, 0.05) is 37.7 Å². The van der Waals surface area contributed by atoms with Gasteiger partial charge in [0.05, 0.1) is 6.42 Å². The molecule has 1 aromatic carbocycles. The van der Waals surface area contributed by atoms with Crippen LogP contribution in [-0.4, -0.2) is 153 Å². The minimum Gasteiger partial charge on any atom is -0.481 e. The Hall–Kier alpha value is -6.85. The van der Waals surface area contributed by atoms with Gasteiger partial charge < -0.3 is 68.5 Å². The number of rotatable bonds is 19. The number of ketones is 1. The number of nitrogens with two attached hydrogens (primary N) is 3. The quantitative estimate of drug-likeness (QED) is 0.0202. The van der Waals surface area contributed by atoms with Crippen LogP contribution in [0, 0.1) is 11.8 Å². The Bertz CT molecular complexity index is 2130. The monoisotopic (exact) mass is 1000 g/mol. The number of aliphatic hydroxyl groups excluding tert-OH is 1. The summed E-state index contributed by atoms with van der Waals surface area (Å²) in [7, 11) is 1.24. The highest BCUT2D eigenvalue weighted by molar-refractivity contribution is 6.05. The number of carboxylic acids is 1. The van der Waals surface area contributed by atoms with Crippen LogP contribution in [0.15, 0.2) is 29.3 Å². The van der Waals surface area contributed by atoms with Gasteiger partial charge in [0.1, 0.15) is 54.6 Å². The van der Waals surface area contributed by atoms with E-state index < -0.39 is 138 Å². The highest BCUT2D eigenvalue weighted by Gasteiger charge is 2.47. The largest absolute Gasteiger partial charge is 0.481 e. The van der Waals surface area contributed by atoms with Gasteiger partial charge >= 0.3 is 11.9 Å². The van der Waals surface area contributed by atoms with Gasteiger partial charge in [0.2, 0.25) is 41.4 Å². The number of carbonyl (C=O) groups is 10. The van der Waals surface area contributed by atoms with Crippen LogP contribution in [0.2, 0.25) is 0 Å². The van der Waals surface area contributed by atoms with Crippen molar-refractivity contribution in [1.82, 2.24) is 36.4 Å². The number of nitrogen functional groups attached to an aromatic ring is 1. The molecule has 0 aromatic heterocycles. The third-order valence-corrected chi connectivity index (χ3v) is 12.6. The summed E-state index contributed by atoms with van der Waals surface area (Å²) >= 11 is 0. The fourth-order valence-electron chi connectivity index (χ4n) is 8.24. The first-order chi connectivity index (χ1) is 33.4. The number of Topliss-reactive ketones (excluding diaryl/α,β-unsaturated/α-hetero) is 1. The third kappa shape index (κ3) is 16.6. The molecule has 0 aliphatic carbocycles. The number of nitrogens with one attached hydrogen (secondary N) is 5. The molecule has 2 heterocycles. The summed E-state index contributed by atoms with van der Waals surface area (Å²) in [5.74, 6) is -11.6. The van der Waals surface area contributed by atoms with Gasteiger partial charge in [-0.25, -0.2) is 4.79 Å². The van der Waals surface area contributed by atoms with Gasteiger partial charge in [-0.3, -0.25) is 48.1 Å². The predicted octanol–water partition coefficient (Wildman–Crippen LogP) is -0.842. The molecule has 7 amide bonds. The maximum atomic E-state index is 14.9. The first-order valence-corrected chi connectivity index (χ1v) is 24.1. The number of likely N-dealkylation sites (N-methyl/N-ethyl adjacent to an activating group) is 1. The zero-order valence-corrected chi connectivity index (χ0v) is 41.6. The average molecular weight is 1000 g/mol. The molecular weight excluding hydrogens is 927 g/mol. The molecule has 24 nitrogen and oxygen atoms in total. The number of nitrogens with zero attached hydrogens (tertiary/aromatic N) is 3. The number of piperidine rings is 1. The minimum atomic E-state index is -1.91. The van der Waals surface area contributed by atoms with Gasteiger partial charge in [-0.1, -0.05) is 66.0 Å². The molecule has 71 heavy (non-hydrogen) atoms. The Morgan fingerprint density at radius 2 is 1.59 bits per heavy atom. The summed E-state index contributed by atoms with van der Waals surface area (Å²) in [5.41, 5.74) is 17.3. The summed E-state index contributed by atoms with van der Waals surface area (Å²) in [6.07, 6.45) is -3.03. The van der Waals surface area contributed by atoms with Crippen LogP contribution in [0.25, 0.3) is 0 Å². The Balaban J connectivity index is 2.26. The number of anilines is 1. The van der Waals surface area contributed by atoms with Gasteiger partial charge in [0.15, 0.2) is 11.7 Å². The van der Waals surface area contributed by atoms with Gasteiger partial charge in [-0.05, 0) is 63.0 Å². The van der Waals surface area contributed by atoms with Crippen LogP contribution in [0.3, 0.4) is 0 Å². The molecule has 0 unspecified atom stereocenters. The summed E-state index contributed by atoms with van der Waals surface area (Å²) in [4.78, 5) is 146. The van der Waals surface area contributed by atoms with Crippen molar-refractivity contribution in [3.8, 4) is 0 Å². The third-order valence-electron chi connectivity index (χ3n) is 12.6. The maximum absolute atomic E-state index is 14.9. The number of ether oxygens (including phenoxy) is 1. The summed E-state index contributed by atoms with van der Waals surface area (Å²) in [6.45, 7) is 9.57. The first-order valence-electron chi connectivity index (χ1n) is 24.1. The van der Waals surface area contributed by atoms with E-state index in [1.807, 2.05) is 6.92 Å². The molecule has 13 N–H and O–H groups in total. The van der Waals surface area contributed by atoms with Crippen molar-refractivity contribution in [3.05, 3.63) is 29.8 Å². The van der Waals surface area contributed by atoms with Crippen LogP contribution in [0.5, 0.6) is 0 Å². The van der Waals surface area contributed by atoms with Crippen molar-refractivity contribution < 1.29 is 62.9 Å². The van der Waals surface area contributed by atoms with E-state index >= 15 is 0 Å². The molecule has 24 heteroatoms. The lowest BCUT2D eigenvalue weighted by Gasteiger charge is -2.44. The molecule has 0 radical (unpaired) electrons. The van der Waals surface area contributed by atoms with Crippen LogP contribution < -0.4 is 43.8 Å². The zero-order chi connectivity index (χ0) is 53.3. The molecule has 2 aliphatic rings. The Labute approximate surface area is 413 Å². The van der Waals surface area contributed by atoms with E-state index in [0.29, 0.717) is 12.8 Å². The molecule has 2 bridgehead atoms. The summed E-state index contributed by atoms with van der Waals surface area (Å²) < 4.78 is 5.79. The molecule has 0 spiro atoms. The molecule has 10 atom stereocenters. The van der Waals surface area contributed by atoms with Crippen LogP contribution in [0.4, 0.5) is 5.69 Å². The standard InChI is InChI=1S/C47H73N11O13/c1-8-10-11-18-34(60)52-31(22-36(62)63)41(65)56-38-26(6)71-46(70)37(24(3)4)55-42(66)32(23-33(59)27-15-12-13-16-28(27)48)57(7)45(69)39(25(5)9-2)58-35(61)20-19-30(44(58)68)54-40(64)29(53-43(38)67)17-14-21-51-47(49)50/h12-13,15-16,24-26,29-32,35,37-39,61H,8-11,14,17-23,48H2,1-7H3,(H,52,60)(H,53,67)(H,54,64)(H,55,66)(H,56,65)(H,62,63)(H4,49,50,51)/t25-,26+,29-,30-,31-,32-,35+,37-,38-,39-/m0/s1. The number of esters is 1. The number of aliphatic carboxylic acids is 1. The molecule has 2 fully saturated rings. The van der Waals surface area contributed by atoms with Gasteiger partial charge in [-0.2, -0.15) is 0 Å². The molecule has 3 rings (SSSR count). The highest BCUT2D eigenvalue weighted by Crippen LogP contribution is 2.28. The van der Waals surface area contributed by atoms with E-state index in [1.165, 1.54) is 26.1 Å². The number of hydrogen-bond donors (Lipinski definition) is 10. The van der Waals surface area contributed by atoms with E-state index in [4.69, 9.17) is 21.9 Å². The zero-order valence-electron chi connectivity index (χ0n) is 41.6. The number of cyclic esters (lactones) is 1. The second-order valence-corrected chi connectivity index (χ2v) is 18.4. The molecular formula is C47H73N11O13. The van der Waals surface area contributed by atoms with Crippen LogP contribution >= 0.6 is 0 Å². The number of aliphatic imine (C=N–C) groups is 1. The van der Waals surface area contributed by atoms with Crippen molar-refractivity contribution in [2.75, 3.05) is 19.3 Å². The number of para-hydroxylation sites is 1. The molecule has 2 aliphatic heterocycles. The number of aliphatic hydroxyl groups is 1. The number of unbranched alkanes of at least 4 members (excludes halogenated alkanes) is 2. The lowest BCUT2D eigenvalue weighted by molar-refractivity contribution is -0.168. The number of carboxylic acid groups (broad SMARTS) is 1. The average Bonchev–Trinajstić information content (AvgIpc) is 3.30. The highest BCUT2D eigenvalue weighted by atomic mass is 16.5. The van der Waals surface area contributed by atoms with Crippen LogP contribution in [-0.2, 0) is 47.9 Å². The maximum Gasteiger partial charge on any atom is 0.329 e. The Morgan fingerprint density at radius 1 is 0.915 bits per heavy atom. The number of amides is 7. The second kappa shape index (κ2) is 27.5. The SMILES string of the molecule is CCCCCC(=O)N[C@@H](CC(=O)O)C(=O)N[C@@H]1C(=O)N[C@@H](CCCN=C(N)N)C(=O)N[C@H]2CC[C@@H](O)N(C2=O)[C@@H]([C@@H](C)CC)C(=O)N(C)[C@@H](CC(=O)c2ccccc2N)C(=O)N[C@@H](C(C)C)C(=O)O[C@@H]1C. The number of hydrogen-bond acceptors (Lipinski definition) is 14. The molecule has 1 aromatic rings. The fourth-order valence-corrected chi connectivity index (χ4v) is 8.24. The number of carbonyl (C=O) groups excluding carboxylic acids is 9. The second-order valence-electron chi connectivity index (χ2n) is 18.4. The minimum absolute atomic E-state index is 0.0207. The summed E-state index contributed by atoms with van der Waals surface area (Å²) in [5, 5.41) is 33.7. The number of benzene rings is 1. The lowest BCUT2D eigenvalue weighted by atomic mass is 9.91. The lowest BCUT2D eigenvalue weighted by Crippen LogP contribution is -2.66.